The lowest BCUT2D eigenvalue weighted by Crippen LogP contribution is -2.33. The van der Waals surface area contributed by atoms with Crippen LogP contribution in [0.5, 0.6) is 0 Å². The normalized spacial score (nSPS) is 19.5. The lowest BCUT2D eigenvalue weighted by Gasteiger charge is -2.30. The first kappa shape index (κ1) is 26.7. The van der Waals surface area contributed by atoms with E-state index in [0.29, 0.717) is 26.3 Å². The molecule has 2 aliphatic rings. The van der Waals surface area contributed by atoms with Gasteiger partial charge in [0.15, 0.2) is 0 Å². The van der Waals surface area contributed by atoms with Gasteiger partial charge in [-0.05, 0) is 41.3 Å². The smallest absolute Gasteiger partial charge is 0.308 e. The van der Waals surface area contributed by atoms with E-state index in [2.05, 4.69) is 5.32 Å². The summed E-state index contributed by atoms with van der Waals surface area (Å²) in [6.45, 7) is -0.219. The Hall–Kier alpha value is -4.18. The van der Waals surface area contributed by atoms with E-state index in [1.807, 2.05) is 72.8 Å². The highest BCUT2D eigenvalue weighted by molar-refractivity contribution is 8.00. The monoisotopic (exact) mass is 611 g/mol. The van der Waals surface area contributed by atoms with Crippen LogP contribution in [0.2, 0.25) is 5.02 Å². The summed E-state index contributed by atoms with van der Waals surface area (Å²) in [4.78, 5) is 56.0. The molecule has 4 aromatic carbocycles. The maximum absolute atomic E-state index is 13.9. The fourth-order valence-electron chi connectivity index (χ4n) is 5.79. The van der Waals surface area contributed by atoms with Gasteiger partial charge in [-0.2, -0.15) is 0 Å². The second-order valence-electron chi connectivity index (χ2n) is 10.1. The van der Waals surface area contributed by atoms with Crippen LogP contribution in [0.4, 0.5) is 11.4 Å². The minimum atomic E-state index is -0.757. The first-order valence-electron chi connectivity index (χ1n) is 13.3. The number of anilines is 2. The molecule has 2 unspecified atom stereocenters. The van der Waals surface area contributed by atoms with Crippen LogP contribution < -0.4 is 15.1 Å². The first-order valence-corrected chi connectivity index (χ1v) is 15.3. The average Bonchev–Trinajstić information content (AvgIpc) is 3.44. The Morgan fingerprint density at radius 2 is 1.55 bits per heavy atom. The van der Waals surface area contributed by atoms with Crippen molar-refractivity contribution in [1.82, 2.24) is 4.57 Å². The second kappa shape index (κ2) is 10.6. The van der Waals surface area contributed by atoms with Crippen molar-refractivity contribution in [3.05, 3.63) is 122 Å². The number of hydrogen-bond acceptors (Lipinski definition) is 6. The van der Waals surface area contributed by atoms with Crippen LogP contribution in [0.1, 0.15) is 16.4 Å². The molecule has 7 nitrogen and oxygen atoms in total. The zero-order valence-electron chi connectivity index (χ0n) is 21.9. The molecule has 0 saturated carbocycles. The molecular weight excluding hydrogens is 590 g/mol. The minimum absolute atomic E-state index is 0.219. The number of aromatic nitrogens is 1. The molecule has 5 aromatic rings. The number of benzene rings is 4. The minimum Gasteiger partial charge on any atom is -0.324 e. The lowest BCUT2D eigenvalue weighted by molar-refractivity contribution is -0.122. The van der Waals surface area contributed by atoms with E-state index in [9.17, 15) is 19.2 Å². The zero-order valence-corrected chi connectivity index (χ0v) is 24.3. The third-order valence-corrected chi connectivity index (χ3v) is 10.5. The van der Waals surface area contributed by atoms with E-state index in [1.165, 1.54) is 21.2 Å². The molecule has 3 amide bonds. The number of nitrogens with zero attached hydrogens (tertiary/aromatic N) is 2. The SMILES string of the molecule is O=C(Cn1c2c(sc1=O)[C@H](c1ccccc1)C1C(=O)N(c3ccc(Cl)cc3)C(=O)C1S2)Nc1cccc2ccccc12. The number of thiazole rings is 1. The van der Waals surface area contributed by atoms with Crippen molar-refractivity contribution < 1.29 is 14.4 Å². The standard InChI is InChI=1S/C32H22ClN3O4S2/c33-20-13-15-21(16-14-20)36-29(38)26-25(19-8-2-1-3-9-19)28-31(41-27(26)30(36)39)35(32(40)42-28)17-24(37)34-23-12-6-10-18-7-4-5-11-22(18)23/h1-16,25-27H,17H2,(H,34,37)/t25-,26?,27?/m1/s1. The van der Waals surface area contributed by atoms with Gasteiger partial charge in [-0.15, -0.1) is 0 Å². The molecule has 1 N–H and O–H groups in total. The number of thioether (sulfide) groups is 1. The Morgan fingerprint density at radius 3 is 2.33 bits per heavy atom. The highest BCUT2D eigenvalue weighted by atomic mass is 35.5. The predicted molar refractivity (Wildman–Crippen MR) is 167 cm³/mol. The van der Waals surface area contributed by atoms with E-state index in [1.54, 1.807) is 24.3 Å². The molecule has 0 aliphatic carbocycles. The van der Waals surface area contributed by atoms with Gasteiger partial charge in [0.1, 0.15) is 11.8 Å². The van der Waals surface area contributed by atoms with Gasteiger partial charge in [0, 0.05) is 26.9 Å². The fraction of sp³-hybridized carbons (Fsp3) is 0.125. The number of fused-ring (bicyclic) bond motifs is 3. The molecule has 1 aromatic heterocycles. The average molecular weight is 612 g/mol. The van der Waals surface area contributed by atoms with E-state index in [-0.39, 0.29) is 29.1 Å². The van der Waals surface area contributed by atoms with Crippen LogP contribution in [-0.4, -0.2) is 27.5 Å². The van der Waals surface area contributed by atoms with Crippen LogP contribution in [-0.2, 0) is 20.9 Å². The molecule has 10 heteroatoms. The van der Waals surface area contributed by atoms with Crippen molar-refractivity contribution >= 4 is 74.6 Å². The van der Waals surface area contributed by atoms with Crippen LogP contribution in [0.15, 0.2) is 107 Å². The molecule has 7 rings (SSSR count). The number of halogens is 1. The highest BCUT2D eigenvalue weighted by Crippen LogP contribution is 2.53. The maximum Gasteiger partial charge on any atom is 0.308 e. The summed E-state index contributed by atoms with van der Waals surface area (Å²) in [5.41, 5.74) is 1.94. The Morgan fingerprint density at radius 1 is 0.833 bits per heavy atom. The summed E-state index contributed by atoms with van der Waals surface area (Å²) >= 11 is 8.28. The van der Waals surface area contributed by atoms with Gasteiger partial charge in [0.05, 0.1) is 16.6 Å². The van der Waals surface area contributed by atoms with Crippen molar-refractivity contribution in [2.24, 2.45) is 5.92 Å². The number of amides is 3. The number of carbonyl (C=O) groups excluding carboxylic acids is 3. The summed E-state index contributed by atoms with van der Waals surface area (Å²) in [5.74, 6) is -2.25. The first-order chi connectivity index (χ1) is 20.4. The molecule has 3 heterocycles. The van der Waals surface area contributed by atoms with Gasteiger partial charge in [0.25, 0.3) is 0 Å². The molecular formula is C32H22ClN3O4S2. The van der Waals surface area contributed by atoms with Gasteiger partial charge < -0.3 is 5.32 Å². The summed E-state index contributed by atoms with van der Waals surface area (Å²) < 4.78 is 1.43. The van der Waals surface area contributed by atoms with E-state index in [0.717, 1.165) is 27.7 Å². The molecule has 0 bridgehead atoms. The quantitative estimate of drug-likeness (QED) is 0.241. The number of rotatable bonds is 5. The third-order valence-electron chi connectivity index (χ3n) is 7.66. The summed E-state index contributed by atoms with van der Waals surface area (Å²) in [5, 5.41) is 5.13. The molecule has 3 atom stereocenters. The fourth-order valence-corrected chi connectivity index (χ4v) is 8.69. The third kappa shape index (κ3) is 4.45. The molecule has 2 aliphatic heterocycles. The summed E-state index contributed by atoms with van der Waals surface area (Å²) in [6, 6.07) is 29.4. The molecule has 1 fully saturated rings. The summed E-state index contributed by atoms with van der Waals surface area (Å²) in [7, 11) is 0. The van der Waals surface area contributed by atoms with E-state index < -0.39 is 17.1 Å². The highest BCUT2D eigenvalue weighted by Gasteiger charge is 2.56. The Kier molecular flexibility index (Phi) is 6.73. The zero-order chi connectivity index (χ0) is 29.0. The van der Waals surface area contributed by atoms with Crippen LogP contribution in [0.3, 0.4) is 0 Å². The molecule has 42 heavy (non-hydrogen) atoms. The number of carbonyl (C=O) groups is 3. The molecule has 0 spiro atoms. The van der Waals surface area contributed by atoms with Crippen molar-refractivity contribution in [2.75, 3.05) is 10.2 Å². The van der Waals surface area contributed by atoms with Crippen molar-refractivity contribution in [3.63, 3.8) is 0 Å². The predicted octanol–water partition coefficient (Wildman–Crippen LogP) is 6.15. The Bertz CT molecular complexity index is 1930. The van der Waals surface area contributed by atoms with Crippen LogP contribution in [0, 0.1) is 5.92 Å². The lowest BCUT2D eigenvalue weighted by atomic mass is 9.83. The van der Waals surface area contributed by atoms with Crippen LogP contribution in [0.25, 0.3) is 10.8 Å². The van der Waals surface area contributed by atoms with Gasteiger partial charge in [0.2, 0.25) is 17.7 Å². The molecule has 208 valence electrons. The van der Waals surface area contributed by atoms with Gasteiger partial charge in [-0.25, -0.2) is 4.90 Å². The number of imide groups is 1. The van der Waals surface area contributed by atoms with E-state index >= 15 is 0 Å². The largest absolute Gasteiger partial charge is 0.324 e. The van der Waals surface area contributed by atoms with Crippen molar-refractivity contribution in [1.29, 1.82) is 0 Å². The van der Waals surface area contributed by atoms with Crippen molar-refractivity contribution in [2.45, 2.75) is 22.7 Å². The van der Waals surface area contributed by atoms with Crippen molar-refractivity contribution in [3.8, 4) is 0 Å². The van der Waals surface area contributed by atoms with Gasteiger partial charge in [-0.3, -0.25) is 23.7 Å². The molecule has 0 radical (unpaired) electrons. The Labute approximate surface area is 253 Å². The van der Waals surface area contributed by atoms with E-state index in [4.69, 9.17) is 11.6 Å². The summed E-state index contributed by atoms with van der Waals surface area (Å²) in [6.07, 6.45) is 0. The van der Waals surface area contributed by atoms with Crippen LogP contribution >= 0.6 is 34.7 Å². The topological polar surface area (TPSA) is 88.5 Å². The Balaban J connectivity index is 1.27. The van der Waals surface area contributed by atoms with Gasteiger partial charge in [-0.1, -0.05) is 101 Å². The molecule has 1 saturated heterocycles. The number of hydrogen-bond donors (Lipinski definition) is 1. The van der Waals surface area contributed by atoms with Gasteiger partial charge >= 0.3 is 4.87 Å². The number of nitrogens with one attached hydrogen (secondary N) is 1. The second-order valence-corrected chi connectivity index (χ2v) is 12.7. The maximum atomic E-state index is 13.9.